The average Bonchev–Trinajstić information content (AvgIpc) is 2.99. The number of carbonyl (C=O) groups excluding carboxylic acids is 1. The number of hydrogen-bond donors (Lipinski definition) is 0. The lowest BCUT2D eigenvalue weighted by molar-refractivity contribution is -0.113. The van der Waals surface area contributed by atoms with Gasteiger partial charge >= 0.3 is 0 Å². The summed E-state index contributed by atoms with van der Waals surface area (Å²) in [6.07, 6.45) is 2.39. The van der Waals surface area contributed by atoms with Gasteiger partial charge in [-0.15, -0.1) is 11.3 Å². The fourth-order valence-electron chi connectivity index (χ4n) is 3.13. The highest BCUT2D eigenvalue weighted by Crippen LogP contribution is 2.35. The highest BCUT2D eigenvalue weighted by molar-refractivity contribution is 7.20. The van der Waals surface area contributed by atoms with E-state index in [-0.39, 0.29) is 5.78 Å². The largest absolute Gasteiger partial charge is 0.305 e. The van der Waals surface area contributed by atoms with Gasteiger partial charge in [0.05, 0.1) is 15.3 Å². The SMILES string of the molecule is CN(C)Cc1ccc2c(c1)CC(=O)C(c1nc3c(Cl)cccc3s1)=C2. The van der Waals surface area contributed by atoms with Gasteiger partial charge in [0.25, 0.3) is 0 Å². The molecule has 126 valence electrons. The fourth-order valence-corrected chi connectivity index (χ4v) is 4.43. The second-order valence-corrected chi connectivity index (χ2v) is 7.97. The van der Waals surface area contributed by atoms with Crippen LogP contribution in [-0.2, 0) is 17.8 Å². The van der Waals surface area contributed by atoms with Gasteiger partial charge in [0.15, 0.2) is 5.78 Å². The number of ketones is 1. The Bertz CT molecular complexity index is 1020. The molecule has 3 aromatic rings. The molecule has 0 spiro atoms. The minimum atomic E-state index is 0.115. The lowest BCUT2D eigenvalue weighted by Gasteiger charge is -2.17. The highest BCUT2D eigenvalue weighted by atomic mass is 35.5. The number of para-hydroxylation sites is 1. The van der Waals surface area contributed by atoms with Crippen LogP contribution in [0, 0.1) is 0 Å². The van der Waals surface area contributed by atoms with Crippen LogP contribution >= 0.6 is 22.9 Å². The molecule has 1 aliphatic carbocycles. The van der Waals surface area contributed by atoms with Crippen molar-refractivity contribution in [1.82, 2.24) is 9.88 Å². The molecule has 1 heterocycles. The predicted octanol–water partition coefficient (Wildman–Crippen LogP) is 4.68. The van der Waals surface area contributed by atoms with Crippen molar-refractivity contribution in [2.75, 3.05) is 14.1 Å². The fraction of sp³-hybridized carbons (Fsp3) is 0.200. The second kappa shape index (κ2) is 6.37. The number of hydrogen-bond acceptors (Lipinski definition) is 4. The molecule has 5 heteroatoms. The topological polar surface area (TPSA) is 33.2 Å². The normalized spacial score (nSPS) is 14.1. The number of allylic oxidation sites excluding steroid dienone is 1. The van der Waals surface area contributed by atoms with E-state index in [0.29, 0.717) is 17.0 Å². The summed E-state index contributed by atoms with van der Waals surface area (Å²) in [5, 5.41) is 1.37. The first-order chi connectivity index (χ1) is 12.0. The monoisotopic (exact) mass is 368 g/mol. The third kappa shape index (κ3) is 3.13. The Kier molecular flexibility index (Phi) is 4.20. The zero-order valence-corrected chi connectivity index (χ0v) is 15.6. The van der Waals surface area contributed by atoms with Gasteiger partial charge < -0.3 is 4.90 Å². The van der Waals surface area contributed by atoms with E-state index < -0.39 is 0 Å². The summed E-state index contributed by atoms with van der Waals surface area (Å²) in [5.74, 6) is 0.115. The summed E-state index contributed by atoms with van der Waals surface area (Å²) in [6.45, 7) is 0.869. The van der Waals surface area contributed by atoms with E-state index in [2.05, 4.69) is 28.1 Å². The smallest absolute Gasteiger partial charge is 0.170 e. The Hall–Kier alpha value is -2.01. The van der Waals surface area contributed by atoms with Crippen molar-refractivity contribution in [2.45, 2.75) is 13.0 Å². The summed E-state index contributed by atoms with van der Waals surface area (Å²) in [7, 11) is 4.09. The Morgan fingerprint density at radius 2 is 2.08 bits per heavy atom. The third-order valence-electron chi connectivity index (χ3n) is 4.26. The van der Waals surface area contributed by atoms with Crippen molar-refractivity contribution in [3.05, 3.63) is 63.1 Å². The van der Waals surface area contributed by atoms with Gasteiger partial charge in [-0.05, 0) is 49.0 Å². The van der Waals surface area contributed by atoms with E-state index in [1.807, 2.05) is 38.4 Å². The first-order valence-electron chi connectivity index (χ1n) is 8.08. The van der Waals surface area contributed by atoms with Crippen LogP contribution < -0.4 is 0 Å². The molecule has 0 atom stereocenters. The van der Waals surface area contributed by atoms with E-state index in [4.69, 9.17) is 11.6 Å². The number of rotatable bonds is 3. The molecule has 0 fully saturated rings. The van der Waals surface area contributed by atoms with Gasteiger partial charge in [0.1, 0.15) is 10.5 Å². The zero-order valence-electron chi connectivity index (χ0n) is 14.0. The van der Waals surface area contributed by atoms with Crippen LogP contribution in [0.5, 0.6) is 0 Å². The number of aromatic nitrogens is 1. The molecule has 0 aliphatic heterocycles. The van der Waals surface area contributed by atoms with Crippen molar-refractivity contribution in [3.8, 4) is 0 Å². The average molecular weight is 369 g/mol. The maximum Gasteiger partial charge on any atom is 0.170 e. The molecule has 1 aliphatic rings. The molecule has 0 saturated carbocycles. The third-order valence-corrected chi connectivity index (χ3v) is 5.62. The summed E-state index contributed by atoms with van der Waals surface area (Å²) in [5.41, 5.74) is 4.87. The molecule has 3 nitrogen and oxygen atoms in total. The van der Waals surface area contributed by atoms with Gasteiger partial charge in [-0.3, -0.25) is 4.79 Å². The molecule has 4 rings (SSSR count). The van der Waals surface area contributed by atoms with E-state index in [1.165, 1.54) is 16.9 Å². The summed E-state index contributed by atoms with van der Waals surface area (Å²) in [6, 6.07) is 12.1. The summed E-state index contributed by atoms with van der Waals surface area (Å²) >= 11 is 7.74. The van der Waals surface area contributed by atoms with E-state index in [9.17, 15) is 4.79 Å². The second-order valence-electron chi connectivity index (χ2n) is 6.53. The number of nitrogens with zero attached hydrogens (tertiary/aromatic N) is 2. The van der Waals surface area contributed by atoms with Crippen LogP contribution in [0.3, 0.4) is 0 Å². The minimum absolute atomic E-state index is 0.115. The predicted molar refractivity (Wildman–Crippen MR) is 105 cm³/mol. The number of thiazole rings is 1. The Morgan fingerprint density at radius 3 is 2.84 bits per heavy atom. The van der Waals surface area contributed by atoms with Crippen LogP contribution in [0.2, 0.25) is 5.02 Å². The van der Waals surface area contributed by atoms with Gasteiger partial charge in [0.2, 0.25) is 0 Å². The highest BCUT2D eigenvalue weighted by Gasteiger charge is 2.23. The molecule has 0 N–H and O–H groups in total. The molecule has 0 unspecified atom stereocenters. The number of fused-ring (bicyclic) bond motifs is 2. The van der Waals surface area contributed by atoms with Crippen LogP contribution in [-0.4, -0.2) is 29.8 Å². The Morgan fingerprint density at radius 1 is 1.24 bits per heavy atom. The van der Waals surface area contributed by atoms with Crippen molar-refractivity contribution >= 4 is 50.6 Å². The maximum atomic E-state index is 12.7. The molecule has 1 aromatic heterocycles. The van der Waals surface area contributed by atoms with Gasteiger partial charge in [-0.2, -0.15) is 0 Å². The molecular formula is C20H17ClN2OS. The number of halogens is 1. The van der Waals surface area contributed by atoms with E-state index in [1.54, 1.807) is 0 Å². The van der Waals surface area contributed by atoms with Gasteiger partial charge in [-0.1, -0.05) is 35.9 Å². The molecule has 0 amide bonds. The molecule has 0 saturated heterocycles. The molecule has 0 bridgehead atoms. The number of benzene rings is 2. The lowest BCUT2D eigenvalue weighted by atomic mass is 9.90. The Labute approximate surface area is 155 Å². The zero-order chi connectivity index (χ0) is 17.6. The van der Waals surface area contributed by atoms with E-state index >= 15 is 0 Å². The van der Waals surface area contributed by atoms with E-state index in [0.717, 1.165) is 32.9 Å². The van der Waals surface area contributed by atoms with Gasteiger partial charge in [0, 0.05) is 13.0 Å². The first kappa shape index (κ1) is 16.5. The van der Waals surface area contributed by atoms with Crippen LogP contribution in [0.4, 0.5) is 0 Å². The van der Waals surface area contributed by atoms with Crippen molar-refractivity contribution in [3.63, 3.8) is 0 Å². The first-order valence-corrected chi connectivity index (χ1v) is 9.27. The quantitative estimate of drug-likeness (QED) is 0.673. The molecular weight excluding hydrogens is 352 g/mol. The van der Waals surface area contributed by atoms with Crippen LogP contribution in [0.1, 0.15) is 21.7 Å². The van der Waals surface area contributed by atoms with Crippen molar-refractivity contribution < 1.29 is 4.79 Å². The number of carbonyl (C=O) groups is 1. The number of Topliss-reactive ketones (excluding diaryl/α,β-unsaturated/α-hetero) is 1. The van der Waals surface area contributed by atoms with Crippen LogP contribution in [0.25, 0.3) is 21.9 Å². The molecule has 2 aromatic carbocycles. The Balaban J connectivity index is 1.76. The standard InChI is InChI=1S/C20H17ClN2OS/c1-23(2)11-12-6-7-13-9-15(17(24)10-14(13)8-12)20-22-19-16(21)4-3-5-18(19)25-20/h3-9H,10-11H2,1-2H3. The van der Waals surface area contributed by atoms with Crippen LogP contribution in [0.15, 0.2) is 36.4 Å². The summed E-state index contributed by atoms with van der Waals surface area (Å²) < 4.78 is 1.00. The molecule has 0 radical (unpaired) electrons. The van der Waals surface area contributed by atoms with Crippen molar-refractivity contribution in [2.24, 2.45) is 0 Å². The minimum Gasteiger partial charge on any atom is -0.305 e. The summed E-state index contributed by atoms with van der Waals surface area (Å²) in [4.78, 5) is 19.4. The van der Waals surface area contributed by atoms with Crippen molar-refractivity contribution in [1.29, 1.82) is 0 Å². The maximum absolute atomic E-state index is 12.7. The molecule has 25 heavy (non-hydrogen) atoms. The van der Waals surface area contributed by atoms with Gasteiger partial charge in [-0.25, -0.2) is 4.98 Å². The lowest BCUT2D eigenvalue weighted by Crippen LogP contribution is -2.14.